The maximum atomic E-state index is 6.26. The Bertz CT molecular complexity index is 2420. The van der Waals surface area contributed by atoms with Gasteiger partial charge in [0.2, 0.25) is 5.71 Å². The second-order valence-electron chi connectivity index (χ2n) is 18.3. The van der Waals surface area contributed by atoms with E-state index in [-0.39, 0.29) is 25.5 Å². The predicted octanol–water partition coefficient (Wildman–Crippen LogP) is 13.4. The first kappa shape index (κ1) is 42.7. The van der Waals surface area contributed by atoms with E-state index in [0.29, 0.717) is 11.6 Å². The average Bonchev–Trinajstić information content (AvgIpc) is 3.56. The SMILES string of the molecule is CC(C)(C)Cc1ccnc(-c2[c-]ccc3c2oc2nc(-c4ccccc4)ccc23)c1.CC(C)Cc1cc(-c2[c-]ccc(C3CCCCC3)c2)nc[c]1[Ge]([CH3])([CH3])[CH3].[Ir]. The van der Waals surface area contributed by atoms with Gasteiger partial charge in [0.1, 0.15) is 0 Å². The van der Waals surface area contributed by atoms with Gasteiger partial charge in [-0.05, 0) is 35.7 Å². The topological polar surface area (TPSA) is 51.8 Å². The third-order valence-corrected chi connectivity index (χ3v) is 15.1. The Kier molecular flexibility index (Phi) is 13.7. The van der Waals surface area contributed by atoms with E-state index in [0.717, 1.165) is 63.3 Å². The first-order valence-corrected chi connectivity index (χ1v) is 27.9. The molecule has 4 aromatic heterocycles. The van der Waals surface area contributed by atoms with Gasteiger partial charge in [0, 0.05) is 37.3 Å². The first-order chi connectivity index (χ1) is 26.8. The molecule has 0 N–H and O–H groups in total. The summed E-state index contributed by atoms with van der Waals surface area (Å²) in [6.45, 7) is 11.4. The van der Waals surface area contributed by atoms with E-state index in [2.05, 4.69) is 130 Å². The summed E-state index contributed by atoms with van der Waals surface area (Å²) in [5.41, 5.74) is 11.9. The molecule has 1 saturated carbocycles. The molecule has 8 rings (SSSR count). The molecule has 0 atom stereocenters. The number of furan rings is 1. The van der Waals surface area contributed by atoms with Crippen LogP contribution in [0.15, 0.2) is 108 Å². The van der Waals surface area contributed by atoms with Crippen molar-refractivity contribution in [1.29, 1.82) is 0 Å². The molecule has 297 valence electrons. The van der Waals surface area contributed by atoms with E-state index in [9.17, 15) is 0 Å². The van der Waals surface area contributed by atoms with Gasteiger partial charge < -0.3 is 9.40 Å². The number of fused-ring (bicyclic) bond motifs is 3. The third kappa shape index (κ3) is 10.6. The molecular formula is C51H57GeIrN3O-2. The second kappa shape index (κ2) is 18.4. The molecule has 0 saturated heterocycles. The van der Waals surface area contributed by atoms with Crippen molar-refractivity contribution in [3.05, 3.63) is 132 Å². The number of hydrogen-bond acceptors (Lipinski definition) is 4. The summed E-state index contributed by atoms with van der Waals surface area (Å²) in [6.07, 6.45) is 13.0. The Balaban J connectivity index is 0.000000192. The molecule has 0 aliphatic heterocycles. The van der Waals surface area contributed by atoms with Gasteiger partial charge in [-0.3, -0.25) is 0 Å². The maximum Gasteiger partial charge on any atom is 0 e. The van der Waals surface area contributed by atoms with Crippen molar-refractivity contribution in [2.75, 3.05) is 0 Å². The van der Waals surface area contributed by atoms with E-state index >= 15 is 0 Å². The van der Waals surface area contributed by atoms with Crippen molar-refractivity contribution in [3.63, 3.8) is 0 Å². The second-order valence-corrected chi connectivity index (χ2v) is 28.9. The van der Waals surface area contributed by atoms with Gasteiger partial charge in [-0.2, -0.15) is 0 Å². The van der Waals surface area contributed by atoms with Crippen molar-refractivity contribution in [2.24, 2.45) is 11.3 Å². The zero-order valence-electron chi connectivity index (χ0n) is 35.0. The minimum absolute atomic E-state index is 0. The Labute approximate surface area is 357 Å². The average molecular weight is 993 g/mol. The molecule has 0 bridgehead atoms. The van der Waals surface area contributed by atoms with Gasteiger partial charge in [0.05, 0.1) is 11.3 Å². The van der Waals surface area contributed by atoms with Gasteiger partial charge >= 0.3 is 163 Å². The Hall–Kier alpha value is -3.90. The number of rotatable bonds is 8. The van der Waals surface area contributed by atoms with Gasteiger partial charge in [-0.15, -0.1) is 18.2 Å². The normalized spacial score (nSPS) is 13.7. The van der Waals surface area contributed by atoms with Crippen LogP contribution in [0.25, 0.3) is 55.8 Å². The monoisotopic (exact) mass is 994 g/mol. The molecule has 3 aromatic carbocycles. The van der Waals surface area contributed by atoms with Crippen LogP contribution >= 0.6 is 0 Å². The van der Waals surface area contributed by atoms with Crippen LogP contribution in [0.1, 0.15) is 89.3 Å². The molecule has 6 heteroatoms. The van der Waals surface area contributed by atoms with Crippen LogP contribution in [0.4, 0.5) is 0 Å². The number of benzene rings is 3. The Morgan fingerprint density at radius 3 is 2.26 bits per heavy atom. The fraction of sp³-hybridized carbons (Fsp3) is 0.353. The summed E-state index contributed by atoms with van der Waals surface area (Å²) in [6, 6.07) is 38.4. The number of nitrogens with zero attached hydrogens (tertiary/aromatic N) is 3. The van der Waals surface area contributed by atoms with E-state index in [1.54, 1.807) is 4.40 Å². The quantitative estimate of drug-likeness (QED) is 0.112. The summed E-state index contributed by atoms with van der Waals surface area (Å²) in [4.78, 5) is 14.3. The largest absolute Gasteiger partial charge is 0 e. The van der Waals surface area contributed by atoms with Crippen molar-refractivity contribution < 1.29 is 24.5 Å². The van der Waals surface area contributed by atoms with Crippen molar-refractivity contribution in [1.82, 2.24) is 15.0 Å². The molecule has 4 heterocycles. The van der Waals surface area contributed by atoms with Gasteiger partial charge in [0.15, 0.2) is 0 Å². The van der Waals surface area contributed by atoms with E-state index in [4.69, 9.17) is 14.4 Å². The Morgan fingerprint density at radius 2 is 1.54 bits per heavy atom. The minimum atomic E-state index is -1.91. The standard InChI is InChI=1S/C27H23N2O.C24H34GeN.Ir/c1-27(2,3)17-18-14-15-28-24(16-18)22-11-7-10-20-21-12-13-23(19-8-5-4-6-9-19)29-26(21)30-25(20)22;1-18(2)14-22-16-24(26-17-23(22)25(3,4)5)21-13-9-12-20(15-21)19-10-7-6-8-11-19;/h4-10,12-16H,17H2,1-3H3;9,12,15-19H,6-8,10-11,14H2,1-5H3;/q2*-1;. The number of pyridine rings is 3. The van der Waals surface area contributed by atoms with Gasteiger partial charge in [0.25, 0.3) is 0 Å². The summed E-state index contributed by atoms with van der Waals surface area (Å²) in [5, 5.41) is 2.04. The molecular weight excluding hydrogens is 935 g/mol. The van der Waals surface area contributed by atoms with E-state index < -0.39 is 13.3 Å². The molecule has 1 aliphatic rings. The maximum absolute atomic E-state index is 6.26. The summed E-state index contributed by atoms with van der Waals surface area (Å²) >= 11 is -1.91. The molecule has 1 fully saturated rings. The zero-order chi connectivity index (χ0) is 39.5. The molecule has 7 aromatic rings. The minimum Gasteiger partial charge on any atom is 0 e. The van der Waals surface area contributed by atoms with Crippen molar-refractivity contribution in [2.45, 2.75) is 103 Å². The van der Waals surface area contributed by atoms with Gasteiger partial charge in [-0.25, -0.2) is 4.98 Å². The van der Waals surface area contributed by atoms with Crippen LogP contribution in [-0.2, 0) is 32.9 Å². The molecule has 1 aliphatic carbocycles. The van der Waals surface area contributed by atoms with E-state index in [1.807, 2.05) is 42.6 Å². The smallest absolute Gasteiger partial charge is 0 e. The fourth-order valence-electron chi connectivity index (χ4n) is 8.17. The number of hydrogen-bond donors (Lipinski definition) is 0. The molecule has 0 unspecified atom stereocenters. The van der Waals surface area contributed by atoms with Crippen LogP contribution in [0.5, 0.6) is 0 Å². The summed E-state index contributed by atoms with van der Waals surface area (Å²) in [7, 11) is 0. The predicted molar refractivity (Wildman–Crippen MR) is 238 cm³/mol. The molecule has 0 amide bonds. The Morgan fingerprint density at radius 1 is 0.789 bits per heavy atom. The fourth-order valence-corrected chi connectivity index (χ4v) is 11.5. The molecule has 57 heavy (non-hydrogen) atoms. The van der Waals surface area contributed by atoms with Crippen LogP contribution in [0.3, 0.4) is 0 Å². The van der Waals surface area contributed by atoms with Crippen molar-refractivity contribution >= 4 is 39.7 Å². The van der Waals surface area contributed by atoms with Crippen LogP contribution in [-0.4, -0.2) is 28.2 Å². The third-order valence-electron chi connectivity index (χ3n) is 10.8. The molecule has 4 nitrogen and oxygen atoms in total. The molecule has 1 radical (unpaired) electrons. The van der Waals surface area contributed by atoms with Crippen LogP contribution in [0.2, 0.25) is 17.3 Å². The van der Waals surface area contributed by atoms with Crippen molar-refractivity contribution in [3.8, 4) is 33.8 Å². The first-order valence-electron chi connectivity index (χ1n) is 20.6. The molecule has 0 spiro atoms. The van der Waals surface area contributed by atoms with E-state index in [1.165, 1.54) is 54.4 Å². The zero-order valence-corrected chi connectivity index (χ0v) is 39.5. The van der Waals surface area contributed by atoms with Crippen LogP contribution < -0.4 is 4.40 Å². The summed E-state index contributed by atoms with van der Waals surface area (Å²) in [5.74, 6) is 8.81. The summed E-state index contributed by atoms with van der Waals surface area (Å²) < 4.78 is 7.82. The van der Waals surface area contributed by atoms with Crippen LogP contribution in [0, 0.1) is 23.5 Å². The van der Waals surface area contributed by atoms with Gasteiger partial charge in [-0.1, -0.05) is 73.7 Å². The number of aromatic nitrogens is 3.